The molecule has 3 aromatic rings. The lowest BCUT2D eigenvalue weighted by Gasteiger charge is -2.20. The Morgan fingerprint density at radius 2 is 1.56 bits per heavy atom. The summed E-state index contributed by atoms with van der Waals surface area (Å²) in [6.45, 7) is 1.55. The minimum absolute atomic E-state index is 0.0423. The zero-order valence-electron chi connectivity index (χ0n) is 18.4. The Morgan fingerprint density at radius 3 is 2.21 bits per heavy atom. The fourth-order valence-electron chi connectivity index (χ4n) is 3.93. The first-order valence-electron chi connectivity index (χ1n) is 10.8. The first kappa shape index (κ1) is 23.4. The van der Waals surface area contributed by atoms with Gasteiger partial charge in [-0.1, -0.05) is 72.3 Å². The Kier molecular flexibility index (Phi) is 6.89. The second-order valence-electron chi connectivity index (χ2n) is 8.07. The number of ether oxygens (including phenoxy) is 1. The van der Waals surface area contributed by atoms with Crippen LogP contribution in [0.3, 0.4) is 0 Å². The van der Waals surface area contributed by atoms with Gasteiger partial charge in [-0.2, -0.15) is 0 Å². The standard InChI is InChI=1S/C27H22ClNO5/c1-17(25(31)18-8-4-2-5-9-18)34-27(33)20-14-24(30)29(16-20)23-13-12-21(28)15-22(23)26(32)19-10-6-3-7-11-19/h2-13,15,17,20H,14,16H2,1H3/t17-,20+/m0/s1. The SMILES string of the molecule is C[C@H](OC(=O)[C@@H]1CC(=O)N(c2ccc(Cl)cc2C(=O)c2ccccc2)C1)C(=O)c1ccccc1. The second-order valence-corrected chi connectivity index (χ2v) is 8.51. The predicted octanol–water partition coefficient (Wildman–Crippen LogP) is 4.74. The lowest BCUT2D eigenvalue weighted by atomic mass is 10.0. The highest BCUT2D eigenvalue weighted by Gasteiger charge is 2.38. The number of hydrogen-bond acceptors (Lipinski definition) is 5. The molecule has 0 bridgehead atoms. The third-order valence-electron chi connectivity index (χ3n) is 5.71. The fourth-order valence-corrected chi connectivity index (χ4v) is 4.10. The van der Waals surface area contributed by atoms with Crippen LogP contribution in [0.2, 0.25) is 5.02 Å². The Bertz CT molecular complexity index is 1240. The molecule has 1 aliphatic rings. The van der Waals surface area contributed by atoms with Crippen LogP contribution in [0.15, 0.2) is 78.9 Å². The van der Waals surface area contributed by atoms with Gasteiger partial charge in [0.15, 0.2) is 11.9 Å². The fraction of sp³-hybridized carbons (Fsp3) is 0.185. The smallest absolute Gasteiger partial charge is 0.312 e. The molecule has 3 aromatic carbocycles. The van der Waals surface area contributed by atoms with Gasteiger partial charge in [-0.3, -0.25) is 19.2 Å². The number of Topliss-reactive ketones (excluding diaryl/α,β-unsaturated/α-hetero) is 1. The molecule has 0 aromatic heterocycles. The molecule has 1 aliphatic heterocycles. The summed E-state index contributed by atoms with van der Waals surface area (Å²) in [4.78, 5) is 52.7. The van der Waals surface area contributed by atoms with E-state index < -0.39 is 18.0 Å². The van der Waals surface area contributed by atoms with Crippen molar-refractivity contribution >= 4 is 40.7 Å². The summed E-state index contributed by atoms with van der Waals surface area (Å²) in [6.07, 6.45) is -1.06. The summed E-state index contributed by atoms with van der Waals surface area (Å²) in [5.41, 5.74) is 1.56. The molecule has 7 heteroatoms. The number of nitrogens with zero attached hydrogens (tertiary/aromatic N) is 1. The number of halogens is 1. The van der Waals surface area contributed by atoms with E-state index in [1.165, 1.54) is 17.9 Å². The van der Waals surface area contributed by atoms with E-state index in [4.69, 9.17) is 16.3 Å². The molecule has 0 N–H and O–H groups in total. The average Bonchev–Trinajstić information content (AvgIpc) is 3.25. The summed E-state index contributed by atoms with van der Waals surface area (Å²) < 4.78 is 5.39. The quantitative estimate of drug-likeness (QED) is 0.364. The first-order chi connectivity index (χ1) is 16.3. The maximum atomic E-state index is 13.1. The molecule has 172 valence electrons. The highest BCUT2D eigenvalue weighted by molar-refractivity contribution is 6.31. The van der Waals surface area contributed by atoms with Crippen molar-refractivity contribution < 1.29 is 23.9 Å². The molecule has 1 heterocycles. The van der Waals surface area contributed by atoms with Gasteiger partial charge in [-0.25, -0.2) is 0 Å². The van der Waals surface area contributed by atoms with E-state index in [1.54, 1.807) is 72.8 Å². The van der Waals surface area contributed by atoms with Crippen LogP contribution in [0.5, 0.6) is 0 Å². The minimum Gasteiger partial charge on any atom is -0.454 e. The summed E-state index contributed by atoms with van der Waals surface area (Å²) in [7, 11) is 0. The summed E-state index contributed by atoms with van der Waals surface area (Å²) in [5.74, 6) is -2.29. The van der Waals surface area contributed by atoms with Crippen LogP contribution in [-0.4, -0.2) is 36.1 Å². The van der Waals surface area contributed by atoms with Crippen LogP contribution in [-0.2, 0) is 14.3 Å². The van der Waals surface area contributed by atoms with Crippen LogP contribution < -0.4 is 4.90 Å². The second kappa shape index (κ2) is 10.0. The molecule has 1 fully saturated rings. The average molecular weight is 476 g/mol. The Hall–Kier alpha value is -3.77. The van der Waals surface area contributed by atoms with E-state index in [9.17, 15) is 19.2 Å². The molecule has 1 amide bonds. The largest absolute Gasteiger partial charge is 0.454 e. The van der Waals surface area contributed by atoms with E-state index >= 15 is 0 Å². The molecule has 34 heavy (non-hydrogen) atoms. The van der Waals surface area contributed by atoms with Crippen molar-refractivity contribution in [2.24, 2.45) is 5.92 Å². The molecular formula is C27H22ClNO5. The van der Waals surface area contributed by atoms with Gasteiger partial charge >= 0.3 is 5.97 Å². The highest BCUT2D eigenvalue weighted by atomic mass is 35.5. The number of carbonyl (C=O) groups is 4. The lowest BCUT2D eigenvalue weighted by molar-refractivity contribution is -0.151. The maximum Gasteiger partial charge on any atom is 0.312 e. The van der Waals surface area contributed by atoms with Crippen LogP contribution >= 0.6 is 11.6 Å². The Labute approximate surface area is 202 Å². The number of rotatable bonds is 7. The van der Waals surface area contributed by atoms with Crippen LogP contribution in [0.1, 0.15) is 39.6 Å². The van der Waals surface area contributed by atoms with Gasteiger partial charge in [0.2, 0.25) is 11.7 Å². The topological polar surface area (TPSA) is 80.8 Å². The van der Waals surface area contributed by atoms with E-state index in [2.05, 4.69) is 0 Å². The molecule has 0 saturated carbocycles. The minimum atomic E-state index is -0.982. The third-order valence-corrected chi connectivity index (χ3v) is 5.94. The number of amides is 1. The molecular weight excluding hydrogens is 454 g/mol. The number of benzene rings is 3. The van der Waals surface area contributed by atoms with Gasteiger partial charge in [0, 0.05) is 34.7 Å². The van der Waals surface area contributed by atoms with Crippen molar-refractivity contribution in [1.29, 1.82) is 0 Å². The number of esters is 1. The highest BCUT2D eigenvalue weighted by Crippen LogP contribution is 2.32. The molecule has 2 atom stereocenters. The van der Waals surface area contributed by atoms with E-state index in [1.807, 2.05) is 0 Å². The number of carbonyl (C=O) groups excluding carboxylic acids is 4. The van der Waals surface area contributed by atoms with Crippen molar-refractivity contribution in [3.05, 3.63) is 101 Å². The molecule has 0 spiro atoms. The monoisotopic (exact) mass is 475 g/mol. The molecule has 1 saturated heterocycles. The number of anilines is 1. The maximum absolute atomic E-state index is 13.1. The first-order valence-corrected chi connectivity index (χ1v) is 11.2. The van der Waals surface area contributed by atoms with Crippen molar-refractivity contribution in [2.45, 2.75) is 19.4 Å². The van der Waals surface area contributed by atoms with E-state index in [0.717, 1.165) is 0 Å². The van der Waals surface area contributed by atoms with Gasteiger partial charge in [0.25, 0.3) is 0 Å². The van der Waals surface area contributed by atoms with Gasteiger partial charge in [0.05, 0.1) is 11.6 Å². The lowest BCUT2D eigenvalue weighted by Crippen LogP contribution is -2.31. The molecule has 0 radical (unpaired) electrons. The number of ketones is 2. The Morgan fingerprint density at radius 1 is 0.941 bits per heavy atom. The predicted molar refractivity (Wildman–Crippen MR) is 128 cm³/mol. The van der Waals surface area contributed by atoms with Gasteiger partial charge in [-0.15, -0.1) is 0 Å². The number of hydrogen-bond donors (Lipinski definition) is 0. The molecule has 4 rings (SSSR count). The summed E-state index contributed by atoms with van der Waals surface area (Å²) in [5, 5.41) is 0.360. The van der Waals surface area contributed by atoms with Crippen LogP contribution in [0, 0.1) is 5.92 Å². The van der Waals surface area contributed by atoms with Crippen molar-refractivity contribution in [2.75, 3.05) is 11.4 Å². The third kappa shape index (κ3) is 4.92. The zero-order chi connectivity index (χ0) is 24.2. The van der Waals surface area contributed by atoms with Crippen molar-refractivity contribution in [3.63, 3.8) is 0 Å². The molecule has 0 unspecified atom stereocenters. The van der Waals surface area contributed by atoms with E-state index in [0.29, 0.717) is 21.8 Å². The summed E-state index contributed by atoms with van der Waals surface area (Å²) >= 11 is 6.15. The van der Waals surface area contributed by atoms with Gasteiger partial charge in [-0.05, 0) is 25.1 Å². The van der Waals surface area contributed by atoms with Crippen molar-refractivity contribution in [1.82, 2.24) is 0 Å². The van der Waals surface area contributed by atoms with E-state index in [-0.39, 0.29) is 36.0 Å². The van der Waals surface area contributed by atoms with Crippen LogP contribution in [0.4, 0.5) is 5.69 Å². The van der Waals surface area contributed by atoms with Gasteiger partial charge < -0.3 is 9.64 Å². The normalized spacial score (nSPS) is 16.2. The summed E-state index contributed by atoms with van der Waals surface area (Å²) in [6, 6.07) is 22.0. The van der Waals surface area contributed by atoms with Crippen LogP contribution in [0.25, 0.3) is 0 Å². The molecule has 0 aliphatic carbocycles. The zero-order valence-corrected chi connectivity index (χ0v) is 19.2. The Balaban J connectivity index is 1.51. The van der Waals surface area contributed by atoms with Crippen molar-refractivity contribution in [3.8, 4) is 0 Å². The van der Waals surface area contributed by atoms with Gasteiger partial charge in [0.1, 0.15) is 0 Å². The molecule has 6 nitrogen and oxygen atoms in total.